The Hall–Kier alpha value is -5.64. The number of hydrogen-bond acceptors (Lipinski definition) is 3. The van der Waals surface area contributed by atoms with E-state index in [1.807, 2.05) is 17.4 Å². The van der Waals surface area contributed by atoms with E-state index in [2.05, 4.69) is 163 Å². The van der Waals surface area contributed by atoms with Gasteiger partial charge in [0.25, 0.3) is 0 Å². The summed E-state index contributed by atoms with van der Waals surface area (Å²) in [7, 11) is 0. The van der Waals surface area contributed by atoms with Crippen LogP contribution < -0.4 is 4.90 Å². The molecular formula is C42H27NOS. The largest absolute Gasteiger partial charge is 0.454 e. The molecule has 2 aromatic heterocycles. The number of hydrogen-bond donors (Lipinski definition) is 0. The van der Waals surface area contributed by atoms with E-state index >= 15 is 0 Å². The Bertz CT molecular complexity index is 2490. The average Bonchev–Trinajstić information content (AvgIpc) is 3.68. The van der Waals surface area contributed by atoms with Crippen LogP contribution in [0.5, 0.6) is 0 Å². The number of rotatable bonds is 5. The summed E-state index contributed by atoms with van der Waals surface area (Å²) in [6, 6.07) is 58.4. The maximum Gasteiger partial charge on any atom is 0.159 e. The SMILES string of the molecule is c1ccc(-c2ccc(-c3ccccc3N(c3ccc4sc5ccccc5c4c3)c3cccc4c3oc3ccccc34)cc2)cc1. The fourth-order valence-corrected chi connectivity index (χ4v) is 7.64. The quantitative estimate of drug-likeness (QED) is 0.197. The van der Waals surface area contributed by atoms with Crippen LogP contribution in [-0.4, -0.2) is 0 Å². The van der Waals surface area contributed by atoms with Crippen LogP contribution in [0.1, 0.15) is 0 Å². The van der Waals surface area contributed by atoms with Gasteiger partial charge in [0.2, 0.25) is 0 Å². The van der Waals surface area contributed by atoms with Crippen molar-refractivity contribution in [2.24, 2.45) is 0 Å². The molecule has 45 heavy (non-hydrogen) atoms. The van der Waals surface area contributed by atoms with Gasteiger partial charge in [-0.15, -0.1) is 11.3 Å². The topological polar surface area (TPSA) is 16.4 Å². The van der Waals surface area contributed by atoms with E-state index in [9.17, 15) is 0 Å². The van der Waals surface area contributed by atoms with Gasteiger partial charge in [-0.1, -0.05) is 121 Å². The number of thiophene rings is 1. The monoisotopic (exact) mass is 593 g/mol. The van der Waals surface area contributed by atoms with Crippen molar-refractivity contribution in [3.8, 4) is 22.3 Å². The number of furan rings is 1. The molecule has 7 aromatic carbocycles. The maximum atomic E-state index is 6.62. The molecule has 0 atom stereocenters. The number of nitrogens with zero attached hydrogens (tertiary/aromatic N) is 1. The van der Waals surface area contributed by atoms with Gasteiger partial charge in [-0.2, -0.15) is 0 Å². The van der Waals surface area contributed by atoms with Gasteiger partial charge < -0.3 is 9.32 Å². The summed E-state index contributed by atoms with van der Waals surface area (Å²) >= 11 is 1.84. The summed E-state index contributed by atoms with van der Waals surface area (Å²) in [5.41, 5.74) is 9.70. The van der Waals surface area contributed by atoms with E-state index in [-0.39, 0.29) is 0 Å². The van der Waals surface area contributed by atoms with Crippen LogP contribution in [0.25, 0.3) is 64.4 Å². The van der Waals surface area contributed by atoms with Crippen molar-refractivity contribution in [3.05, 3.63) is 164 Å². The highest BCUT2D eigenvalue weighted by atomic mass is 32.1. The smallest absolute Gasteiger partial charge is 0.159 e. The van der Waals surface area contributed by atoms with Crippen LogP contribution >= 0.6 is 11.3 Å². The normalized spacial score (nSPS) is 11.6. The minimum Gasteiger partial charge on any atom is -0.454 e. The summed E-state index contributed by atoms with van der Waals surface area (Å²) < 4.78 is 9.21. The Morgan fingerprint density at radius 3 is 1.96 bits per heavy atom. The third kappa shape index (κ3) is 4.32. The molecule has 9 aromatic rings. The predicted octanol–water partition coefficient (Wildman–Crippen LogP) is 12.8. The molecule has 0 unspecified atom stereocenters. The van der Waals surface area contributed by atoms with Gasteiger partial charge in [-0.25, -0.2) is 0 Å². The highest BCUT2D eigenvalue weighted by Crippen LogP contribution is 2.47. The van der Waals surface area contributed by atoms with E-state index in [0.29, 0.717) is 0 Å². The molecule has 0 spiro atoms. The molecule has 3 heteroatoms. The summed E-state index contributed by atoms with van der Waals surface area (Å²) in [6.07, 6.45) is 0. The van der Waals surface area contributed by atoms with E-state index in [1.165, 1.54) is 31.3 Å². The third-order valence-corrected chi connectivity index (χ3v) is 9.84. The standard InChI is InChI=1S/C42H27NOS/c1-2-11-28(12-3-1)29-21-23-30(24-22-29)32-13-4-7-17-37(32)43(31-25-26-41-36(27-31)34-15-6-9-20-40(34)45-41)38-18-10-16-35-33-14-5-8-19-39(33)44-42(35)38/h1-27H. The number of anilines is 3. The zero-order valence-electron chi connectivity index (χ0n) is 24.4. The van der Waals surface area contributed by atoms with Crippen molar-refractivity contribution >= 4 is 70.5 Å². The molecule has 9 rings (SSSR count). The zero-order chi connectivity index (χ0) is 29.7. The van der Waals surface area contributed by atoms with Crippen molar-refractivity contribution in [1.29, 1.82) is 0 Å². The van der Waals surface area contributed by atoms with Gasteiger partial charge in [-0.05, 0) is 59.2 Å². The first-order valence-electron chi connectivity index (χ1n) is 15.2. The molecule has 2 heterocycles. The molecule has 0 amide bonds. The van der Waals surface area contributed by atoms with E-state index in [0.717, 1.165) is 50.1 Å². The van der Waals surface area contributed by atoms with Crippen molar-refractivity contribution < 1.29 is 4.42 Å². The summed E-state index contributed by atoms with van der Waals surface area (Å²) in [6.45, 7) is 0. The average molecular weight is 594 g/mol. The molecule has 212 valence electrons. The molecule has 0 saturated heterocycles. The molecule has 0 aliphatic rings. The molecule has 0 fully saturated rings. The van der Waals surface area contributed by atoms with Gasteiger partial charge in [0.15, 0.2) is 5.58 Å². The number of fused-ring (bicyclic) bond motifs is 6. The van der Waals surface area contributed by atoms with E-state index < -0.39 is 0 Å². The highest BCUT2D eigenvalue weighted by Gasteiger charge is 2.22. The molecule has 0 saturated carbocycles. The van der Waals surface area contributed by atoms with E-state index in [4.69, 9.17) is 4.42 Å². The van der Waals surface area contributed by atoms with Crippen molar-refractivity contribution in [3.63, 3.8) is 0 Å². The number of benzene rings is 7. The Morgan fingerprint density at radius 1 is 0.422 bits per heavy atom. The Labute approximate surface area is 265 Å². The number of para-hydroxylation sites is 3. The fourth-order valence-electron chi connectivity index (χ4n) is 6.56. The Morgan fingerprint density at radius 2 is 1.07 bits per heavy atom. The minimum atomic E-state index is 0.878. The lowest BCUT2D eigenvalue weighted by Crippen LogP contribution is -2.11. The second-order valence-electron chi connectivity index (χ2n) is 11.3. The van der Waals surface area contributed by atoms with Crippen LogP contribution in [-0.2, 0) is 0 Å². The second kappa shape index (κ2) is 10.5. The first-order chi connectivity index (χ1) is 22.3. The van der Waals surface area contributed by atoms with E-state index in [1.54, 1.807) is 0 Å². The lowest BCUT2D eigenvalue weighted by molar-refractivity contribution is 0.669. The van der Waals surface area contributed by atoms with Crippen LogP contribution in [0.15, 0.2) is 168 Å². The first-order valence-corrected chi connectivity index (χ1v) is 16.0. The van der Waals surface area contributed by atoms with Gasteiger partial charge in [0, 0.05) is 42.2 Å². The molecule has 0 N–H and O–H groups in total. The Kier molecular flexibility index (Phi) is 6.03. The van der Waals surface area contributed by atoms with Crippen LogP contribution in [0.4, 0.5) is 17.1 Å². The van der Waals surface area contributed by atoms with Crippen LogP contribution in [0, 0.1) is 0 Å². The van der Waals surface area contributed by atoms with Crippen molar-refractivity contribution in [2.75, 3.05) is 4.90 Å². The predicted molar refractivity (Wildman–Crippen MR) is 192 cm³/mol. The van der Waals surface area contributed by atoms with Gasteiger partial charge >= 0.3 is 0 Å². The molecule has 0 radical (unpaired) electrons. The van der Waals surface area contributed by atoms with Gasteiger partial charge in [0.1, 0.15) is 5.58 Å². The lowest BCUT2D eigenvalue weighted by Gasteiger charge is -2.28. The fraction of sp³-hybridized carbons (Fsp3) is 0. The van der Waals surface area contributed by atoms with Crippen LogP contribution in [0.3, 0.4) is 0 Å². The summed E-state index contributed by atoms with van der Waals surface area (Å²) in [5, 5.41) is 4.78. The summed E-state index contributed by atoms with van der Waals surface area (Å²) in [4.78, 5) is 2.37. The Balaban J connectivity index is 1.28. The zero-order valence-corrected chi connectivity index (χ0v) is 25.2. The minimum absolute atomic E-state index is 0.878. The molecule has 0 bridgehead atoms. The molecule has 0 aliphatic heterocycles. The first kappa shape index (κ1) is 25.8. The molecular weight excluding hydrogens is 567 g/mol. The highest BCUT2D eigenvalue weighted by molar-refractivity contribution is 7.25. The lowest BCUT2D eigenvalue weighted by atomic mass is 9.98. The third-order valence-electron chi connectivity index (χ3n) is 8.69. The maximum absolute atomic E-state index is 6.62. The van der Waals surface area contributed by atoms with Crippen LogP contribution in [0.2, 0.25) is 0 Å². The van der Waals surface area contributed by atoms with Crippen molar-refractivity contribution in [2.45, 2.75) is 0 Å². The van der Waals surface area contributed by atoms with Crippen molar-refractivity contribution in [1.82, 2.24) is 0 Å². The molecule has 2 nitrogen and oxygen atoms in total. The van der Waals surface area contributed by atoms with Gasteiger partial charge in [-0.3, -0.25) is 0 Å². The molecule has 0 aliphatic carbocycles. The van der Waals surface area contributed by atoms with Gasteiger partial charge in [0.05, 0.1) is 11.4 Å². The second-order valence-corrected chi connectivity index (χ2v) is 12.4. The summed E-state index contributed by atoms with van der Waals surface area (Å²) in [5.74, 6) is 0.